The van der Waals surface area contributed by atoms with Crippen LogP contribution >= 0.6 is 23.2 Å². The van der Waals surface area contributed by atoms with Crippen LogP contribution in [0.5, 0.6) is 5.88 Å². The van der Waals surface area contributed by atoms with Crippen LogP contribution < -0.4 is 26.2 Å². The predicted octanol–water partition coefficient (Wildman–Crippen LogP) is 5.01. The lowest BCUT2D eigenvalue weighted by atomic mass is 9.97. The first-order valence-electron chi connectivity index (χ1n) is 16.9. The molecule has 0 spiro atoms. The Morgan fingerprint density at radius 2 is 1.75 bits per heavy atom. The van der Waals surface area contributed by atoms with Gasteiger partial charge in [0, 0.05) is 85.0 Å². The predicted molar refractivity (Wildman–Crippen MR) is 197 cm³/mol. The Morgan fingerprint density at radius 3 is 2.49 bits per heavy atom. The molecule has 0 aliphatic carbocycles. The molecule has 0 unspecified atom stereocenters. The smallest absolute Gasteiger partial charge is 0.262 e. The third-order valence-electron chi connectivity index (χ3n) is 9.46. The van der Waals surface area contributed by atoms with E-state index in [1.165, 1.54) is 4.40 Å². The Bertz CT molecular complexity index is 2140. The number of nitrogens with one attached hydrogen (secondary N) is 3. The number of benzene rings is 2. The van der Waals surface area contributed by atoms with E-state index >= 15 is 0 Å². The Morgan fingerprint density at radius 1 is 0.980 bits per heavy atom. The highest BCUT2D eigenvalue weighted by Gasteiger charge is 2.24. The van der Waals surface area contributed by atoms with Crippen molar-refractivity contribution in [3.63, 3.8) is 0 Å². The Labute approximate surface area is 305 Å². The molecule has 0 saturated carbocycles. The summed E-state index contributed by atoms with van der Waals surface area (Å²) in [4.78, 5) is 34.2. The molecule has 2 aliphatic heterocycles. The zero-order valence-electron chi connectivity index (χ0n) is 28.0. The minimum Gasteiger partial charge on any atom is -0.481 e. The fourth-order valence-corrected chi connectivity index (χ4v) is 7.31. The fraction of sp³-hybridized carbons (Fsp3) is 0.316. The molecule has 5 aromatic rings. The van der Waals surface area contributed by atoms with Gasteiger partial charge in [0.25, 0.3) is 5.56 Å². The number of halogens is 2. The number of nitrogens with zero attached hydrogens (tertiary/aromatic N) is 3. The molecular weight excluding hydrogens is 691 g/mol. The van der Waals surface area contributed by atoms with Crippen molar-refractivity contribution in [1.82, 2.24) is 30.3 Å². The number of carbonyl (C=O) groups excluding carboxylic acids is 1. The highest BCUT2D eigenvalue weighted by Crippen LogP contribution is 2.42. The standard InChI is InChI=1S/C38H38Cl2N6O5/c1-50-37-23(17-41-20-25-9-11-34(48)44-25)8-10-30(45-37)29-7-3-6-28(36(29)40)27-5-2-4-26(35(27)39)22-12-14-46-33(16-22)43-19-24(38(46)49)18-42-31-13-15-51-21-32(31)47/h2-8,10,12,14,16,19,25,31-32,41-42,47H,9,11,13,15,17-18,20-21H2,1H3,(H,44,48)/t25-,31+,32+/m1/s1. The largest absolute Gasteiger partial charge is 0.481 e. The third-order valence-corrected chi connectivity index (χ3v) is 10.3. The average molecular weight is 730 g/mol. The number of aliphatic hydroxyl groups excluding tert-OH is 1. The summed E-state index contributed by atoms with van der Waals surface area (Å²) in [5.41, 5.74) is 6.13. The van der Waals surface area contributed by atoms with Crippen LogP contribution in [-0.4, -0.2) is 70.4 Å². The number of hydrogen-bond donors (Lipinski definition) is 4. The number of hydrogen-bond acceptors (Lipinski definition) is 9. The second kappa shape index (κ2) is 15.5. The summed E-state index contributed by atoms with van der Waals surface area (Å²) >= 11 is 14.2. The topological polar surface area (TPSA) is 139 Å². The number of amides is 1. The second-order valence-electron chi connectivity index (χ2n) is 12.8. The molecular formula is C38H38Cl2N6O5. The van der Waals surface area contributed by atoms with Gasteiger partial charge in [0.1, 0.15) is 5.65 Å². The Balaban J connectivity index is 1.12. The van der Waals surface area contributed by atoms with Crippen molar-refractivity contribution in [2.24, 2.45) is 0 Å². The molecule has 11 nitrogen and oxygen atoms in total. The number of rotatable bonds is 11. The van der Waals surface area contributed by atoms with Crippen molar-refractivity contribution in [2.75, 3.05) is 26.9 Å². The molecule has 2 aliphatic rings. The van der Waals surface area contributed by atoms with Crippen LogP contribution in [0.25, 0.3) is 39.2 Å². The van der Waals surface area contributed by atoms with Crippen LogP contribution in [-0.2, 0) is 22.6 Å². The average Bonchev–Trinajstić information content (AvgIpc) is 3.57. The maximum atomic E-state index is 13.3. The van der Waals surface area contributed by atoms with Gasteiger partial charge < -0.3 is 30.5 Å². The van der Waals surface area contributed by atoms with Crippen LogP contribution in [0.2, 0.25) is 10.0 Å². The van der Waals surface area contributed by atoms with E-state index in [0.29, 0.717) is 65.4 Å². The van der Waals surface area contributed by atoms with E-state index in [2.05, 4.69) is 20.9 Å². The van der Waals surface area contributed by atoms with Gasteiger partial charge in [-0.25, -0.2) is 9.97 Å². The van der Waals surface area contributed by atoms with Crippen molar-refractivity contribution in [1.29, 1.82) is 0 Å². The van der Waals surface area contributed by atoms with Gasteiger partial charge in [0.2, 0.25) is 11.8 Å². The van der Waals surface area contributed by atoms with Gasteiger partial charge in [-0.3, -0.25) is 14.0 Å². The SMILES string of the molecule is COc1nc(-c2cccc(-c3cccc(-c4ccn5c(=O)c(CN[C@H]6CCOC[C@@H]6O)cnc5c4)c3Cl)c2Cl)ccc1CNC[C@H]1CCC(=O)N1. The summed E-state index contributed by atoms with van der Waals surface area (Å²) < 4.78 is 12.5. The summed E-state index contributed by atoms with van der Waals surface area (Å²) in [5, 5.41) is 20.8. The molecule has 2 saturated heterocycles. The lowest BCUT2D eigenvalue weighted by Crippen LogP contribution is -2.46. The van der Waals surface area contributed by atoms with Gasteiger partial charge in [-0.15, -0.1) is 0 Å². The molecule has 0 radical (unpaired) electrons. The van der Waals surface area contributed by atoms with E-state index < -0.39 is 6.10 Å². The first-order chi connectivity index (χ1) is 24.8. The minimum atomic E-state index is -0.616. The highest BCUT2D eigenvalue weighted by atomic mass is 35.5. The van der Waals surface area contributed by atoms with Gasteiger partial charge >= 0.3 is 0 Å². The van der Waals surface area contributed by atoms with Gasteiger partial charge in [-0.1, -0.05) is 65.7 Å². The summed E-state index contributed by atoms with van der Waals surface area (Å²) in [7, 11) is 1.59. The molecule has 51 heavy (non-hydrogen) atoms. The Kier molecular flexibility index (Phi) is 10.6. The molecule has 3 atom stereocenters. The minimum absolute atomic E-state index is 0.0916. The Hall–Kier alpha value is -4.36. The van der Waals surface area contributed by atoms with Crippen LogP contribution in [0.4, 0.5) is 0 Å². The highest BCUT2D eigenvalue weighted by molar-refractivity contribution is 6.39. The first-order valence-corrected chi connectivity index (χ1v) is 17.7. The number of carbonyl (C=O) groups is 1. The van der Waals surface area contributed by atoms with Gasteiger partial charge in [-0.05, 0) is 36.6 Å². The molecule has 4 N–H and O–H groups in total. The van der Waals surface area contributed by atoms with E-state index in [-0.39, 0.29) is 36.7 Å². The fourth-order valence-electron chi connectivity index (χ4n) is 6.65. The summed E-state index contributed by atoms with van der Waals surface area (Å²) in [6, 6.07) is 19.1. The van der Waals surface area contributed by atoms with E-state index in [1.807, 2.05) is 60.7 Å². The van der Waals surface area contributed by atoms with Gasteiger partial charge in [0.15, 0.2) is 0 Å². The first kappa shape index (κ1) is 35.1. The lowest BCUT2D eigenvalue weighted by molar-refractivity contribution is -0.119. The number of aliphatic hydroxyl groups is 1. The van der Waals surface area contributed by atoms with Gasteiger partial charge in [-0.2, -0.15) is 0 Å². The van der Waals surface area contributed by atoms with Crippen molar-refractivity contribution < 1.29 is 19.4 Å². The van der Waals surface area contributed by atoms with E-state index in [0.717, 1.165) is 39.8 Å². The van der Waals surface area contributed by atoms with Gasteiger partial charge in [0.05, 0.1) is 41.1 Å². The summed E-state index contributed by atoms with van der Waals surface area (Å²) in [6.07, 6.45) is 4.72. The third kappa shape index (κ3) is 7.50. The number of ether oxygens (including phenoxy) is 2. The number of methoxy groups -OCH3 is 1. The van der Waals surface area contributed by atoms with Crippen molar-refractivity contribution in [3.05, 3.63) is 105 Å². The number of fused-ring (bicyclic) bond motifs is 1. The number of pyridine rings is 2. The van der Waals surface area contributed by atoms with Crippen molar-refractivity contribution in [3.8, 4) is 39.4 Å². The van der Waals surface area contributed by atoms with Crippen LogP contribution in [0.1, 0.15) is 30.4 Å². The number of aromatic nitrogens is 3. The zero-order valence-corrected chi connectivity index (χ0v) is 29.5. The summed E-state index contributed by atoms with van der Waals surface area (Å²) in [5.74, 6) is 0.580. The second-order valence-corrected chi connectivity index (χ2v) is 13.5. The van der Waals surface area contributed by atoms with Crippen molar-refractivity contribution in [2.45, 2.75) is 50.5 Å². The molecule has 264 valence electrons. The van der Waals surface area contributed by atoms with E-state index in [1.54, 1.807) is 19.5 Å². The maximum absolute atomic E-state index is 13.3. The van der Waals surface area contributed by atoms with E-state index in [9.17, 15) is 14.7 Å². The quantitative estimate of drug-likeness (QED) is 0.148. The monoisotopic (exact) mass is 728 g/mol. The maximum Gasteiger partial charge on any atom is 0.262 e. The van der Waals surface area contributed by atoms with Crippen molar-refractivity contribution >= 4 is 34.8 Å². The molecule has 5 heterocycles. The summed E-state index contributed by atoms with van der Waals surface area (Å²) in [6.45, 7) is 2.34. The molecule has 1 amide bonds. The van der Waals surface area contributed by atoms with Crippen LogP contribution in [0.15, 0.2) is 77.9 Å². The molecule has 0 bridgehead atoms. The molecule has 2 fully saturated rings. The van der Waals surface area contributed by atoms with Crippen LogP contribution in [0, 0.1) is 0 Å². The van der Waals surface area contributed by atoms with Crippen LogP contribution in [0.3, 0.4) is 0 Å². The molecule has 7 rings (SSSR count). The molecule has 2 aromatic carbocycles. The molecule has 3 aromatic heterocycles. The molecule has 13 heteroatoms. The lowest BCUT2D eigenvalue weighted by Gasteiger charge is -2.28. The zero-order chi connectivity index (χ0) is 35.5. The normalized spacial score (nSPS) is 19.0. The van der Waals surface area contributed by atoms with E-state index in [4.69, 9.17) is 37.7 Å².